The molecule has 1 rings (SSSR count). The van der Waals surface area contributed by atoms with E-state index < -0.39 is 0 Å². The molecular formula is C16H26FIN4O. The number of hydrogen-bond donors (Lipinski definition) is 3. The second kappa shape index (κ2) is 12.1. The van der Waals surface area contributed by atoms with Gasteiger partial charge in [-0.05, 0) is 37.0 Å². The number of carbonyl (C=O) groups is 1. The average molecular weight is 436 g/mol. The molecular weight excluding hydrogens is 410 g/mol. The Morgan fingerprint density at radius 2 is 2.04 bits per heavy atom. The summed E-state index contributed by atoms with van der Waals surface area (Å²) in [6, 6.07) is 5.79. The monoisotopic (exact) mass is 436 g/mol. The maximum atomic E-state index is 13.0. The Bertz CT molecular complexity index is 509. The Hall–Kier alpha value is -1.38. The summed E-state index contributed by atoms with van der Waals surface area (Å²) >= 11 is 0. The van der Waals surface area contributed by atoms with Crippen LogP contribution in [0.1, 0.15) is 26.7 Å². The molecule has 23 heavy (non-hydrogen) atoms. The SMILES string of the molecule is CN=C(NCCCC(C)C)NCC(=O)Nc1cccc(F)c1.I. The van der Waals surface area contributed by atoms with Crippen molar-refractivity contribution in [1.82, 2.24) is 10.6 Å². The van der Waals surface area contributed by atoms with Gasteiger partial charge in [-0.1, -0.05) is 19.9 Å². The smallest absolute Gasteiger partial charge is 0.243 e. The summed E-state index contributed by atoms with van der Waals surface area (Å²) in [6.07, 6.45) is 2.19. The van der Waals surface area contributed by atoms with E-state index in [1.165, 1.54) is 12.1 Å². The number of anilines is 1. The molecule has 7 heteroatoms. The highest BCUT2D eigenvalue weighted by molar-refractivity contribution is 14.0. The third-order valence-electron chi connectivity index (χ3n) is 3.00. The minimum Gasteiger partial charge on any atom is -0.356 e. The van der Waals surface area contributed by atoms with Crippen LogP contribution < -0.4 is 16.0 Å². The van der Waals surface area contributed by atoms with Gasteiger partial charge in [0.2, 0.25) is 5.91 Å². The molecule has 1 amide bonds. The molecule has 3 N–H and O–H groups in total. The van der Waals surface area contributed by atoms with Crippen molar-refractivity contribution in [3.05, 3.63) is 30.1 Å². The molecule has 130 valence electrons. The van der Waals surface area contributed by atoms with Crippen molar-refractivity contribution in [2.75, 3.05) is 25.5 Å². The van der Waals surface area contributed by atoms with Crippen LogP contribution in [0.2, 0.25) is 0 Å². The molecule has 0 fully saturated rings. The number of carbonyl (C=O) groups excluding carboxylic acids is 1. The lowest BCUT2D eigenvalue weighted by molar-refractivity contribution is -0.115. The Kier molecular flexibility index (Phi) is 11.4. The van der Waals surface area contributed by atoms with Gasteiger partial charge in [-0.15, -0.1) is 24.0 Å². The van der Waals surface area contributed by atoms with Crippen molar-refractivity contribution >= 4 is 41.5 Å². The van der Waals surface area contributed by atoms with Crippen molar-refractivity contribution in [3.63, 3.8) is 0 Å². The zero-order valence-electron chi connectivity index (χ0n) is 13.9. The van der Waals surface area contributed by atoms with Gasteiger partial charge in [0.1, 0.15) is 5.82 Å². The fourth-order valence-corrected chi connectivity index (χ4v) is 1.87. The number of halogens is 2. The molecule has 0 aliphatic heterocycles. The first kappa shape index (κ1) is 21.6. The number of rotatable bonds is 7. The van der Waals surface area contributed by atoms with Gasteiger partial charge in [-0.3, -0.25) is 9.79 Å². The number of amides is 1. The lowest BCUT2D eigenvalue weighted by atomic mass is 10.1. The predicted octanol–water partition coefficient (Wildman–Crippen LogP) is 2.98. The van der Waals surface area contributed by atoms with Gasteiger partial charge < -0.3 is 16.0 Å². The summed E-state index contributed by atoms with van der Waals surface area (Å²) < 4.78 is 13.0. The summed E-state index contributed by atoms with van der Waals surface area (Å²) in [5, 5.41) is 8.70. The Balaban J connectivity index is 0.00000484. The first-order valence-electron chi connectivity index (χ1n) is 7.51. The van der Waals surface area contributed by atoms with Crippen LogP contribution in [0.3, 0.4) is 0 Å². The molecule has 1 aromatic rings. The van der Waals surface area contributed by atoms with E-state index in [0.29, 0.717) is 17.6 Å². The van der Waals surface area contributed by atoms with E-state index in [4.69, 9.17) is 0 Å². The summed E-state index contributed by atoms with van der Waals surface area (Å²) in [6.45, 7) is 5.25. The molecule has 0 bridgehead atoms. The number of guanidine groups is 1. The largest absolute Gasteiger partial charge is 0.356 e. The van der Waals surface area contributed by atoms with E-state index in [-0.39, 0.29) is 42.2 Å². The van der Waals surface area contributed by atoms with Gasteiger partial charge in [-0.25, -0.2) is 4.39 Å². The highest BCUT2D eigenvalue weighted by Crippen LogP contribution is 2.08. The summed E-state index contributed by atoms with van der Waals surface area (Å²) in [5.41, 5.74) is 0.437. The maximum absolute atomic E-state index is 13.0. The molecule has 0 atom stereocenters. The molecule has 0 aromatic heterocycles. The molecule has 0 heterocycles. The average Bonchev–Trinajstić information content (AvgIpc) is 2.46. The highest BCUT2D eigenvalue weighted by atomic mass is 127. The van der Waals surface area contributed by atoms with Gasteiger partial charge in [0.05, 0.1) is 6.54 Å². The first-order chi connectivity index (χ1) is 10.5. The van der Waals surface area contributed by atoms with Gasteiger partial charge in [0.25, 0.3) is 0 Å². The van der Waals surface area contributed by atoms with Crippen LogP contribution >= 0.6 is 24.0 Å². The van der Waals surface area contributed by atoms with Gasteiger partial charge in [0.15, 0.2) is 5.96 Å². The van der Waals surface area contributed by atoms with E-state index >= 15 is 0 Å². The van der Waals surface area contributed by atoms with Crippen LogP contribution in [0.15, 0.2) is 29.3 Å². The van der Waals surface area contributed by atoms with E-state index in [2.05, 4.69) is 34.8 Å². The Labute approximate surface area is 154 Å². The van der Waals surface area contributed by atoms with Crippen LogP contribution in [-0.4, -0.2) is 32.0 Å². The standard InChI is InChI=1S/C16H25FN4O.HI/c1-12(2)6-5-9-19-16(18-3)20-11-15(22)21-14-8-4-7-13(17)10-14;/h4,7-8,10,12H,5-6,9,11H2,1-3H3,(H,21,22)(H2,18,19,20);1H. The van der Waals surface area contributed by atoms with E-state index in [1.807, 2.05) is 0 Å². The van der Waals surface area contributed by atoms with E-state index in [0.717, 1.165) is 19.4 Å². The summed E-state index contributed by atoms with van der Waals surface area (Å²) in [5.74, 6) is 0.621. The molecule has 0 saturated heterocycles. The zero-order chi connectivity index (χ0) is 16.4. The molecule has 0 aliphatic rings. The minimum absolute atomic E-state index is 0. The molecule has 0 spiro atoms. The van der Waals surface area contributed by atoms with E-state index in [1.54, 1.807) is 19.2 Å². The van der Waals surface area contributed by atoms with Gasteiger partial charge in [-0.2, -0.15) is 0 Å². The number of nitrogens with zero attached hydrogens (tertiary/aromatic N) is 1. The molecule has 1 aromatic carbocycles. The van der Waals surface area contributed by atoms with Gasteiger partial charge in [0, 0.05) is 19.3 Å². The van der Waals surface area contributed by atoms with E-state index in [9.17, 15) is 9.18 Å². The third-order valence-corrected chi connectivity index (χ3v) is 3.00. The van der Waals surface area contributed by atoms with Crippen molar-refractivity contribution in [2.45, 2.75) is 26.7 Å². The fraction of sp³-hybridized carbons (Fsp3) is 0.500. The molecule has 0 saturated carbocycles. The minimum atomic E-state index is -0.381. The van der Waals surface area contributed by atoms with Crippen LogP contribution in [0, 0.1) is 11.7 Å². The van der Waals surface area contributed by atoms with Crippen molar-refractivity contribution in [2.24, 2.45) is 10.9 Å². The van der Waals surface area contributed by atoms with Crippen LogP contribution in [0.4, 0.5) is 10.1 Å². The molecule has 0 aliphatic carbocycles. The molecule has 5 nitrogen and oxygen atoms in total. The quantitative estimate of drug-likeness (QED) is 0.267. The molecule has 0 unspecified atom stereocenters. The topological polar surface area (TPSA) is 65.5 Å². The van der Waals surface area contributed by atoms with Gasteiger partial charge >= 0.3 is 0 Å². The normalized spacial score (nSPS) is 10.9. The number of nitrogens with one attached hydrogen (secondary N) is 3. The summed E-state index contributed by atoms with van der Waals surface area (Å²) in [4.78, 5) is 15.8. The fourth-order valence-electron chi connectivity index (χ4n) is 1.87. The Morgan fingerprint density at radius 3 is 2.65 bits per heavy atom. The number of hydrogen-bond acceptors (Lipinski definition) is 2. The highest BCUT2D eigenvalue weighted by Gasteiger charge is 2.05. The second-order valence-electron chi connectivity index (χ2n) is 5.45. The second-order valence-corrected chi connectivity index (χ2v) is 5.45. The molecule has 0 radical (unpaired) electrons. The first-order valence-corrected chi connectivity index (χ1v) is 7.51. The lowest BCUT2D eigenvalue weighted by Crippen LogP contribution is -2.41. The van der Waals surface area contributed by atoms with Crippen LogP contribution in [0.25, 0.3) is 0 Å². The predicted molar refractivity (Wildman–Crippen MR) is 104 cm³/mol. The van der Waals surface area contributed by atoms with Crippen LogP contribution in [-0.2, 0) is 4.79 Å². The maximum Gasteiger partial charge on any atom is 0.243 e. The zero-order valence-corrected chi connectivity index (χ0v) is 16.2. The number of aliphatic imine (C=N–C) groups is 1. The number of benzene rings is 1. The lowest BCUT2D eigenvalue weighted by Gasteiger charge is -2.12. The summed E-state index contributed by atoms with van der Waals surface area (Å²) in [7, 11) is 1.66. The third kappa shape index (κ3) is 10.1. The van der Waals surface area contributed by atoms with Crippen molar-refractivity contribution < 1.29 is 9.18 Å². The van der Waals surface area contributed by atoms with Crippen molar-refractivity contribution in [1.29, 1.82) is 0 Å². The van der Waals surface area contributed by atoms with Crippen LogP contribution in [0.5, 0.6) is 0 Å². The van der Waals surface area contributed by atoms with Crippen molar-refractivity contribution in [3.8, 4) is 0 Å². The Morgan fingerprint density at radius 1 is 1.30 bits per heavy atom.